The van der Waals surface area contributed by atoms with E-state index in [-0.39, 0.29) is 0 Å². The van der Waals surface area contributed by atoms with Crippen LogP contribution in [0.5, 0.6) is 0 Å². The third-order valence-corrected chi connectivity index (χ3v) is 6.81. The molecule has 1 aliphatic rings. The first-order valence-electron chi connectivity index (χ1n) is 12.3. The van der Waals surface area contributed by atoms with Crippen LogP contribution in [0.25, 0.3) is 22.0 Å². The van der Waals surface area contributed by atoms with E-state index in [0.29, 0.717) is 0 Å². The normalized spacial score (nSPS) is 19.8. The maximum absolute atomic E-state index is 4.52. The Morgan fingerprint density at radius 3 is 2.21 bits per heavy atom. The van der Waals surface area contributed by atoms with Gasteiger partial charge in [0.05, 0.1) is 5.52 Å². The highest BCUT2D eigenvalue weighted by atomic mass is 32.2. The average Bonchev–Trinajstić information content (AvgIpc) is 3.11. The number of thioether (sulfide) groups is 1. The summed E-state index contributed by atoms with van der Waals surface area (Å²) in [6.45, 7) is 21.2. The highest BCUT2D eigenvalue weighted by Gasteiger charge is 2.18. The molecule has 2 heterocycles. The van der Waals surface area contributed by atoms with Crippen molar-refractivity contribution in [1.82, 2.24) is 15.1 Å². The van der Waals surface area contributed by atoms with Crippen LogP contribution in [0.2, 0.25) is 0 Å². The van der Waals surface area contributed by atoms with Crippen molar-refractivity contribution in [3.63, 3.8) is 0 Å². The summed E-state index contributed by atoms with van der Waals surface area (Å²) in [7, 11) is 1.96. The van der Waals surface area contributed by atoms with Gasteiger partial charge in [0.1, 0.15) is 0 Å². The van der Waals surface area contributed by atoms with Crippen molar-refractivity contribution in [3.05, 3.63) is 59.1 Å². The molecule has 0 radical (unpaired) electrons. The number of piperidine rings is 1. The molecule has 0 spiro atoms. The minimum Gasteiger partial charge on any atom is -0.312 e. The Kier molecular flexibility index (Phi) is 10.2. The maximum Gasteiger partial charge on any atom is 0.0952 e. The van der Waals surface area contributed by atoms with Crippen molar-refractivity contribution < 1.29 is 0 Å². The smallest absolute Gasteiger partial charge is 0.0952 e. The molecule has 180 valence electrons. The van der Waals surface area contributed by atoms with Gasteiger partial charge in [0, 0.05) is 35.6 Å². The van der Waals surface area contributed by atoms with Crippen LogP contribution in [-0.4, -0.2) is 21.9 Å². The molecule has 3 aromatic rings. The number of aromatic nitrogens is 2. The highest BCUT2D eigenvalue weighted by molar-refractivity contribution is 8.03. The second-order valence-corrected chi connectivity index (χ2v) is 10.7. The zero-order valence-corrected chi connectivity index (χ0v) is 22.9. The monoisotopic (exact) mass is 465 g/mol. The summed E-state index contributed by atoms with van der Waals surface area (Å²) in [6.07, 6.45) is 4.78. The largest absolute Gasteiger partial charge is 0.312 e. The van der Waals surface area contributed by atoms with E-state index in [1.54, 1.807) is 11.8 Å². The minimum atomic E-state index is 0.740. The van der Waals surface area contributed by atoms with Crippen LogP contribution in [0.4, 0.5) is 0 Å². The molecule has 1 N–H and O–H groups in total. The molecule has 1 aliphatic heterocycles. The molecule has 2 atom stereocenters. The fourth-order valence-electron chi connectivity index (χ4n) is 4.60. The van der Waals surface area contributed by atoms with Gasteiger partial charge in [-0.05, 0) is 98.7 Å². The van der Waals surface area contributed by atoms with Crippen LogP contribution in [0.15, 0.2) is 52.9 Å². The van der Waals surface area contributed by atoms with E-state index in [1.807, 2.05) is 32.5 Å². The van der Waals surface area contributed by atoms with Gasteiger partial charge in [-0.25, -0.2) is 0 Å². The van der Waals surface area contributed by atoms with Crippen molar-refractivity contribution >= 4 is 22.7 Å². The number of aryl methyl sites for hydroxylation is 3. The first kappa shape index (κ1) is 27.2. The molecule has 1 fully saturated rings. The summed E-state index contributed by atoms with van der Waals surface area (Å²) < 4.78 is 1.87. The van der Waals surface area contributed by atoms with E-state index in [4.69, 9.17) is 0 Å². The Balaban J connectivity index is 0.000000293. The second kappa shape index (κ2) is 12.4. The molecule has 0 aliphatic carbocycles. The topological polar surface area (TPSA) is 29.9 Å². The van der Waals surface area contributed by atoms with Crippen molar-refractivity contribution in [2.45, 2.75) is 85.2 Å². The lowest BCUT2D eigenvalue weighted by Gasteiger charge is -2.30. The number of benzene rings is 2. The summed E-state index contributed by atoms with van der Waals surface area (Å²) in [6, 6.07) is 12.5. The Hall–Kier alpha value is -2.04. The van der Waals surface area contributed by atoms with Gasteiger partial charge in [-0.3, -0.25) is 4.68 Å². The number of rotatable bonds is 3. The van der Waals surface area contributed by atoms with Gasteiger partial charge < -0.3 is 5.32 Å². The number of nitrogens with one attached hydrogen (secondary N) is 1. The summed E-state index contributed by atoms with van der Waals surface area (Å²) in [5, 5.41) is 9.22. The summed E-state index contributed by atoms with van der Waals surface area (Å²) in [4.78, 5) is 2.38. The van der Waals surface area contributed by atoms with Gasteiger partial charge in [-0.15, -0.1) is 0 Å². The molecule has 2 unspecified atom stereocenters. The molecule has 4 heteroatoms. The van der Waals surface area contributed by atoms with E-state index < -0.39 is 0 Å². The zero-order valence-electron chi connectivity index (χ0n) is 22.1. The van der Waals surface area contributed by atoms with Crippen LogP contribution in [-0.2, 0) is 7.05 Å². The van der Waals surface area contributed by atoms with Crippen molar-refractivity contribution in [1.29, 1.82) is 0 Å². The van der Waals surface area contributed by atoms with Crippen molar-refractivity contribution in [2.75, 3.05) is 0 Å². The van der Waals surface area contributed by atoms with E-state index in [2.05, 4.69) is 88.1 Å². The quantitative estimate of drug-likeness (QED) is 0.395. The van der Waals surface area contributed by atoms with Crippen LogP contribution < -0.4 is 5.32 Å². The third kappa shape index (κ3) is 7.75. The van der Waals surface area contributed by atoms with E-state index in [1.165, 1.54) is 45.4 Å². The number of hydrogen-bond donors (Lipinski definition) is 1. The number of allylic oxidation sites excluding steroid dienone is 1. The van der Waals surface area contributed by atoms with Crippen LogP contribution in [0.3, 0.4) is 0 Å². The molecule has 1 saturated heterocycles. The molecular weight excluding hydrogens is 422 g/mol. The summed E-state index contributed by atoms with van der Waals surface area (Å²) >= 11 is 1.73. The van der Waals surface area contributed by atoms with Crippen LogP contribution in [0.1, 0.15) is 65.5 Å². The molecule has 0 amide bonds. The summed E-state index contributed by atoms with van der Waals surface area (Å²) in [5.41, 5.74) is 6.05. The second-order valence-electron chi connectivity index (χ2n) is 9.36. The number of hydrogen-bond acceptors (Lipinski definition) is 3. The third-order valence-electron chi connectivity index (χ3n) is 5.80. The first-order valence-corrected chi connectivity index (χ1v) is 13.1. The molecule has 0 saturated carbocycles. The number of fused-ring (bicyclic) bond motifs is 1. The van der Waals surface area contributed by atoms with E-state index >= 15 is 0 Å². The minimum absolute atomic E-state index is 0.740. The lowest BCUT2D eigenvalue weighted by atomic mass is 9.91. The fraction of sp³-hybridized carbons (Fsp3) is 0.483. The molecule has 1 aromatic heterocycles. The van der Waals surface area contributed by atoms with Crippen LogP contribution in [0, 0.1) is 19.8 Å². The average molecular weight is 466 g/mol. The maximum atomic E-state index is 4.52. The lowest BCUT2D eigenvalue weighted by molar-refractivity contribution is 0.279. The summed E-state index contributed by atoms with van der Waals surface area (Å²) in [5.74, 6) is 0.927. The Morgan fingerprint density at radius 1 is 1.00 bits per heavy atom. The predicted octanol–water partition coefficient (Wildman–Crippen LogP) is 8.29. The molecule has 3 nitrogen and oxygen atoms in total. The Labute approximate surface area is 206 Å². The lowest BCUT2D eigenvalue weighted by Crippen LogP contribution is -2.41. The van der Waals surface area contributed by atoms with Crippen molar-refractivity contribution in [2.24, 2.45) is 13.0 Å². The van der Waals surface area contributed by atoms with Gasteiger partial charge in [0.25, 0.3) is 0 Å². The first-order chi connectivity index (χ1) is 15.6. The van der Waals surface area contributed by atoms with Gasteiger partial charge in [-0.2, -0.15) is 5.10 Å². The van der Waals surface area contributed by atoms with E-state index in [0.717, 1.165) is 28.4 Å². The molecule has 4 rings (SSSR count). The Bertz CT molecular complexity index is 1040. The predicted molar refractivity (Wildman–Crippen MR) is 148 cm³/mol. The fourth-order valence-corrected chi connectivity index (χ4v) is 5.39. The molecule has 33 heavy (non-hydrogen) atoms. The molecule has 2 aromatic carbocycles. The number of nitrogens with zero attached hydrogens (tertiary/aromatic N) is 2. The van der Waals surface area contributed by atoms with Crippen LogP contribution >= 0.6 is 11.8 Å². The van der Waals surface area contributed by atoms with Gasteiger partial charge >= 0.3 is 0 Å². The van der Waals surface area contributed by atoms with Gasteiger partial charge in [-0.1, -0.05) is 51.2 Å². The molecule has 0 bridgehead atoms. The Morgan fingerprint density at radius 2 is 1.64 bits per heavy atom. The van der Waals surface area contributed by atoms with Gasteiger partial charge in [0.2, 0.25) is 0 Å². The highest BCUT2D eigenvalue weighted by Crippen LogP contribution is 2.33. The zero-order chi connectivity index (χ0) is 24.7. The van der Waals surface area contributed by atoms with Crippen molar-refractivity contribution in [3.8, 4) is 11.1 Å². The molecular formula is C29H43N3S. The SMILES string of the molecule is C=C(C)Sc1cc(-c2cc(C)c3nn(C)cc3c2)ccc1C.CC.CC1CC(C)NC(C)C1. The van der Waals surface area contributed by atoms with E-state index in [9.17, 15) is 0 Å². The van der Waals surface area contributed by atoms with Gasteiger partial charge in [0.15, 0.2) is 0 Å². The standard InChI is InChI=1S/C19H20N2S.C8H17N.C2H6/c1-12(2)22-18-10-15(7-6-13(18)3)16-8-14(4)19-17(9-16)11-21(5)20-19;1-6-4-7(2)9-8(3)5-6;1-2/h6-11H,1H2,2-5H3;6-9H,4-5H2,1-3H3;1-2H3.